The summed E-state index contributed by atoms with van der Waals surface area (Å²) >= 11 is 0. The molecule has 2 aliphatic rings. The fraction of sp³-hybridized carbons (Fsp3) is 0.714. The van der Waals surface area contributed by atoms with E-state index in [1.54, 1.807) is 10.9 Å². The molecule has 0 aliphatic heterocycles. The summed E-state index contributed by atoms with van der Waals surface area (Å²) in [5.41, 5.74) is 7.04. The molecule has 104 valence electrons. The fourth-order valence-electron chi connectivity index (χ4n) is 3.73. The minimum absolute atomic E-state index is 0.121. The fourth-order valence-corrected chi connectivity index (χ4v) is 3.73. The molecular weight excluding hydrogens is 240 g/mol. The van der Waals surface area contributed by atoms with Gasteiger partial charge in [0.25, 0.3) is 0 Å². The Hall–Kier alpha value is -1.36. The Morgan fingerprint density at radius 2 is 2.11 bits per heavy atom. The number of rotatable bonds is 2. The van der Waals surface area contributed by atoms with Gasteiger partial charge in [-0.05, 0) is 37.5 Å². The Labute approximate surface area is 113 Å². The molecule has 1 amide bonds. The second-order valence-electron chi connectivity index (χ2n) is 6.09. The number of nitrogens with one attached hydrogen (secondary N) is 1. The zero-order chi connectivity index (χ0) is 13.4. The Morgan fingerprint density at radius 1 is 1.42 bits per heavy atom. The number of carbonyl (C=O) groups is 1. The van der Waals surface area contributed by atoms with Gasteiger partial charge in [0.1, 0.15) is 0 Å². The molecule has 0 aromatic carbocycles. The van der Waals surface area contributed by atoms with Crippen molar-refractivity contribution in [3.63, 3.8) is 0 Å². The molecule has 1 heterocycles. The van der Waals surface area contributed by atoms with Crippen LogP contribution in [0, 0.1) is 17.8 Å². The lowest BCUT2D eigenvalue weighted by Gasteiger charge is -2.43. The SMILES string of the molecule is Cn1cc(NC(=O)C2CC3CCCC(C2)C3N)cn1. The summed E-state index contributed by atoms with van der Waals surface area (Å²) in [6, 6.07) is 0.316. The van der Waals surface area contributed by atoms with Gasteiger partial charge in [0.05, 0.1) is 11.9 Å². The summed E-state index contributed by atoms with van der Waals surface area (Å²) in [6.07, 6.45) is 9.07. The molecule has 3 rings (SSSR count). The highest BCUT2D eigenvalue weighted by Gasteiger charge is 2.40. The third-order valence-corrected chi connectivity index (χ3v) is 4.76. The van der Waals surface area contributed by atoms with Gasteiger partial charge in [-0.15, -0.1) is 0 Å². The van der Waals surface area contributed by atoms with Gasteiger partial charge in [0.15, 0.2) is 0 Å². The lowest BCUT2D eigenvalue weighted by molar-refractivity contribution is -0.122. The number of anilines is 1. The number of fused-ring (bicyclic) bond motifs is 2. The van der Waals surface area contributed by atoms with Gasteiger partial charge < -0.3 is 11.1 Å². The third-order valence-electron chi connectivity index (χ3n) is 4.76. The molecule has 2 aliphatic carbocycles. The smallest absolute Gasteiger partial charge is 0.227 e. The minimum Gasteiger partial charge on any atom is -0.327 e. The van der Waals surface area contributed by atoms with Crippen molar-refractivity contribution in [2.45, 2.75) is 38.1 Å². The molecule has 2 atom stereocenters. The molecule has 1 aromatic heterocycles. The molecule has 2 saturated carbocycles. The third kappa shape index (κ3) is 2.52. The molecule has 19 heavy (non-hydrogen) atoms. The van der Waals surface area contributed by atoms with Crippen LogP contribution in [-0.2, 0) is 11.8 Å². The molecule has 5 heteroatoms. The number of amides is 1. The molecule has 0 radical (unpaired) electrons. The summed E-state index contributed by atoms with van der Waals surface area (Å²) in [7, 11) is 1.85. The van der Waals surface area contributed by atoms with E-state index in [-0.39, 0.29) is 11.8 Å². The predicted octanol–water partition coefficient (Wildman–Crippen LogP) is 1.51. The van der Waals surface area contributed by atoms with Gasteiger partial charge in [-0.1, -0.05) is 6.42 Å². The Kier molecular flexibility index (Phi) is 3.31. The zero-order valence-corrected chi connectivity index (χ0v) is 11.4. The minimum atomic E-state index is 0.121. The second-order valence-corrected chi connectivity index (χ2v) is 6.09. The highest BCUT2D eigenvalue weighted by molar-refractivity contribution is 5.92. The van der Waals surface area contributed by atoms with E-state index in [1.807, 2.05) is 13.2 Å². The monoisotopic (exact) mass is 262 g/mol. The highest BCUT2D eigenvalue weighted by atomic mass is 16.1. The van der Waals surface area contributed by atoms with Gasteiger partial charge in [-0.2, -0.15) is 5.10 Å². The van der Waals surface area contributed by atoms with Crippen LogP contribution < -0.4 is 11.1 Å². The van der Waals surface area contributed by atoms with Crippen molar-refractivity contribution in [2.75, 3.05) is 5.32 Å². The average Bonchev–Trinajstić information content (AvgIpc) is 2.74. The van der Waals surface area contributed by atoms with E-state index in [0.717, 1.165) is 18.5 Å². The summed E-state index contributed by atoms with van der Waals surface area (Å²) in [4.78, 5) is 12.3. The van der Waals surface area contributed by atoms with Gasteiger partial charge in [0.2, 0.25) is 5.91 Å². The van der Waals surface area contributed by atoms with E-state index in [0.29, 0.717) is 17.9 Å². The summed E-state index contributed by atoms with van der Waals surface area (Å²) < 4.78 is 1.70. The molecule has 2 unspecified atom stereocenters. The number of hydrogen-bond acceptors (Lipinski definition) is 3. The Balaban J connectivity index is 1.64. The van der Waals surface area contributed by atoms with Crippen LogP contribution in [0.15, 0.2) is 12.4 Å². The summed E-state index contributed by atoms with van der Waals surface area (Å²) in [6.45, 7) is 0. The predicted molar refractivity (Wildman–Crippen MR) is 73.4 cm³/mol. The number of nitrogens with two attached hydrogens (primary N) is 1. The largest absolute Gasteiger partial charge is 0.327 e. The van der Waals surface area contributed by atoms with E-state index in [1.165, 1.54) is 19.3 Å². The first-order valence-corrected chi connectivity index (χ1v) is 7.18. The van der Waals surface area contributed by atoms with Crippen molar-refractivity contribution in [2.24, 2.45) is 30.5 Å². The molecule has 5 nitrogen and oxygen atoms in total. The molecule has 0 saturated heterocycles. The maximum atomic E-state index is 12.3. The van der Waals surface area contributed by atoms with E-state index in [9.17, 15) is 4.79 Å². The molecular formula is C14H22N4O. The maximum absolute atomic E-state index is 12.3. The molecule has 1 aromatic rings. The Bertz CT molecular complexity index is 456. The van der Waals surface area contributed by atoms with Crippen LogP contribution in [0.3, 0.4) is 0 Å². The highest BCUT2D eigenvalue weighted by Crippen LogP contribution is 2.42. The van der Waals surface area contributed by atoms with Crippen LogP contribution in [0.25, 0.3) is 0 Å². The molecule has 2 fully saturated rings. The van der Waals surface area contributed by atoms with E-state index in [4.69, 9.17) is 5.73 Å². The second kappa shape index (κ2) is 4.96. The topological polar surface area (TPSA) is 72.9 Å². The number of hydrogen-bond donors (Lipinski definition) is 2. The van der Waals surface area contributed by atoms with Crippen LogP contribution in [-0.4, -0.2) is 21.7 Å². The van der Waals surface area contributed by atoms with Gasteiger partial charge in [-0.3, -0.25) is 9.48 Å². The lowest BCUT2D eigenvalue weighted by Crippen LogP contribution is -2.48. The van der Waals surface area contributed by atoms with Crippen molar-refractivity contribution in [1.29, 1.82) is 0 Å². The van der Waals surface area contributed by atoms with Gasteiger partial charge >= 0.3 is 0 Å². The van der Waals surface area contributed by atoms with Crippen molar-refractivity contribution < 1.29 is 4.79 Å². The van der Waals surface area contributed by atoms with Crippen molar-refractivity contribution in [3.05, 3.63) is 12.4 Å². The van der Waals surface area contributed by atoms with E-state index >= 15 is 0 Å². The zero-order valence-electron chi connectivity index (χ0n) is 11.4. The quantitative estimate of drug-likeness (QED) is 0.848. The molecule has 3 N–H and O–H groups in total. The van der Waals surface area contributed by atoms with Crippen LogP contribution in [0.2, 0.25) is 0 Å². The number of aryl methyl sites for hydroxylation is 1. The van der Waals surface area contributed by atoms with E-state index in [2.05, 4.69) is 10.4 Å². The molecule has 2 bridgehead atoms. The van der Waals surface area contributed by atoms with Crippen LogP contribution in [0.5, 0.6) is 0 Å². The van der Waals surface area contributed by atoms with Crippen LogP contribution in [0.1, 0.15) is 32.1 Å². The lowest BCUT2D eigenvalue weighted by atomic mass is 9.65. The summed E-state index contributed by atoms with van der Waals surface area (Å²) in [5, 5.41) is 7.04. The molecule has 0 spiro atoms. The average molecular weight is 262 g/mol. The van der Waals surface area contributed by atoms with Gasteiger partial charge in [0, 0.05) is 25.2 Å². The van der Waals surface area contributed by atoms with Crippen molar-refractivity contribution in [1.82, 2.24) is 9.78 Å². The standard InChI is InChI=1S/C14H22N4O/c1-18-8-12(7-16-18)17-14(19)11-5-9-3-2-4-10(6-11)13(9)15/h7-11,13H,2-6,15H2,1H3,(H,17,19). The first-order valence-electron chi connectivity index (χ1n) is 7.18. The maximum Gasteiger partial charge on any atom is 0.227 e. The number of carbonyl (C=O) groups excluding carboxylic acids is 1. The van der Waals surface area contributed by atoms with Crippen molar-refractivity contribution >= 4 is 11.6 Å². The van der Waals surface area contributed by atoms with Crippen LogP contribution in [0.4, 0.5) is 5.69 Å². The van der Waals surface area contributed by atoms with Crippen molar-refractivity contribution in [3.8, 4) is 0 Å². The van der Waals surface area contributed by atoms with E-state index < -0.39 is 0 Å². The number of nitrogens with zero attached hydrogens (tertiary/aromatic N) is 2. The first kappa shape index (κ1) is 12.7. The van der Waals surface area contributed by atoms with Crippen LogP contribution >= 0.6 is 0 Å². The first-order chi connectivity index (χ1) is 9.13. The summed E-state index contributed by atoms with van der Waals surface area (Å²) in [5.74, 6) is 1.33. The van der Waals surface area contributed by atoms with Gasteiger partial charge in [-0.25, -0.2) is 0 Å². The number of aromatic nitrogens is 2. The Morgan fingerprint density at radius 3 is 2.68 bits per heavy atom. The normalized spacial score (nSPS) is 34.0.